The SMILES string of the molecule is CC1(C)C(=O)Nc2nc(-c3nn(Cc4ccccc4F)c4ncccc34)nc(C#CC=O)c21. The van der Waals surface area contributed by atoms with Gasteiger partial charge >= 0.3 is 0 Å². The fourth-order valence-electron chi connectivity index (χ4n) is 3.89. The number of carbonyl (C=O) groups excluding carboxylic acids is 2. The summed E-state index contributed by atoms with van der Waals surface area (Å²) >= 11 is 0. The minimum atomic E-state index is -0.908. The van der Waals surface area contributed by atoms with Crippen LogP contribution in [0.3, 0.4) is 0 Å². The molecule has 0 atom stereocenters. The van der Waals surface area contributed by atoms with Gasteiger partial charge in [0.1, 0.15) is 23.0 Å². The van der Waals surface area contributed by atoms with E-state index in [1.807, 2.05) is 6.07 Å². The fraction of sp³-hybridized carbons (Fsp3) is 0.167. The van der Waals surface area contributed by atoms with Gasteiger partial charge in [-0.3, -0.25) is 9.59 Å². The van der Waals surface area contributed by atoms with Crippen molar-refractivity contribution in [2.45, 2.75) is 25.8 Å². The normalized spacial score (nSPS) is 13.8. The molecule has 4 heterocycles. The molecular weight excluding hydrogens is 423 g/mol. The van der Waals surface area contributed by atoms with Gasteiger partial charge in [-0.15, -0.1) is 0 Å². The Balaban J connectivity index is 1.71. The third-order valence-electron chi connectivity index (χ3n) is 5.58. The molecule has 4 aromatic rings. The van der Waals surface area contributed by atoms with Crippen LogP contribution in [0.1, 0.15) is 30.7 Å². The van der Waals surface area contributed by atoms with Gasteiger partial charge in [0.15, 0.2) is 17.8 Å². The van der Waals surface area contributed by atoms with Gasteiger partial charge in [-0.2, -0.15) is 5.10 Å². The third-order valence-corrected chi connectivity index (χ3v) is 5.58. The van der Waals surface area contributed by atoms with E-state index in [0.717, 1.165) is 0 Å². The largest absolute Gasteiger partial charge is 0.310 e. The van der Waals surface area contributed by atoms with Crippen molar-refractivity contribution in [3.05, 3.63) is 65.2 Å². The van der Waals surface area contributed by atoms with Crippen LogP contribution >= 0.6 is 0 Å². The number of amides is 1. The summed E-state index contributed by atoms with van der Waals surface area (Å²) in [5, 5.41) is 8.06. The van der Waals surface area contributed by atoms with Crippen molar-refractivity contribution in [3.8, 4) is 23.4 Å². The van der Waals surface area contributed by atoms with Crippen LogP contribution in [0.15, 0.2) is 42.6 Å². The molecule has 8 nitrogen and oxygen atoms in total. The zero-order valence-corrected chi connectivity index (χ0v) is 17.8. The average Bonchev–Trinajstić information content (AvgIpc) is 3.28. The number of aldehydes is 1. The smallest absolute Gasteiger partial charge is 0.235 e. The Morgan fingerprint density at radius 1 is 1.18 bits per heavy atom. The second kappa shape index (κ2) is 7.60. The van der Waals surface area contributed by atoms with Gasteiger partial charge in [-0.05, 0) is 43.9 Å². The van der Waals surface area contributed by atoms with Crippen LogP contribution in [0.2, 0.25) is 0 Å². The molecule has 0 radical (unpaired) electrons. The Labute approximate surface area is 187 Å². The lowest BCUT2D eigenvalue weighted by Crippen LogP contribution is -2.27. The van der Waals surface area contributed by atoms with Gasteiger partial charge in [0.05, 0.1) is 17.3 Å². The zero-order chi connectivity index (χ0) is 23.2. The molecule has 0 unspecified atom stereocenters. The van der Waals surface area contributed by atoms with Gasteiger partial charge < -0.3 is 5.32 Å². The average molecular weight is 440 g/mol. The van der Waals surface area contributed by atoms with Crippen molar-refractivity contribution in [2.24, 2.45) is 0 Å². The highest BCUT2D eigenvalue weighted by molar-refractivity contribution is 6.05. The lowest BCUT2D eigenvalue weighted by Gasteiger charge is -2.15. The number of carbonyl (C=O) groups is 2. The number of fused-ring (bicyclic) bond motifs is 2. The predicted molar refractivity (Wildman–Crippen MR) is 119 cm³/mol. The van der Waals surface area contributed by atoms with E-state index in [-0.39, 0.29) is 29.8 Å². The maximum absolute atomic E-state index is 14.3. The Hall–Kier alpha value is -4.45. The molecule has 3 aromatic heterocycles. The molecule has 5 rings (SSSR count). The van der Waals surface area contributed by atoms with Crippen LogP contribution in [0.5, 0.6) is 0 Å². The number of benzene rings is 1. The fourth-order valence-corrected chi connectivity index (χ4v) is 3.89. The molecule has 1 amide bonds. The second-order valence-electron chi connectivity index (χ2n) is 8.06. The summed E-state index contributed by atoms with van der Waals surface area (Å²) in [7, 11) is 0. The second-order valence-corrected chi connectivity index (χ2v) is 8.06. The van der Waals surface area contributed by atoms with Crippen molar-refractivity contribution in [3.63, 3.8) is 0 Å². The van der Waals surface area contributed by atoms with E-state index in [0.29, 0.717) is 40.0 Å². The van der Waals surface area contributed by atoms with Crippen LogP contribution in [0.4, 0.5) is 10.2 Å². The zero-order valence-electron chi connectivity index (χ0n) is 17.8. The Morgan fingerprint density at radius 3 is 2.79 bits per heavy atom. The number of halogens is 1. The van der Waals surface area contributed by atoms with E-state index in [4.69, 9.17) is 0 Å². The summed E-state index contributed by atoms with van der Waals surface area (Å²) in [6, 6.07) is 10.0. The maximum Gasteiger partial charge on any atom is 0.235 e. The van der Waals surface area contributed by atoms with E-state index >= 15 is 0 Å². The molecular formula is C24H17FN6O2. The molecule has 9 heteroatoms. The minimum absolute atomic E-state index is 0.159. The molecule has 0 spiro atoms. The van der Waals surface area contributed by atoms with Crippen molar-refractivity contribution < 1.29 is 14.0 Å². The monoisotopic (exact) mass is 440 g/mol. The number of nitrogens with one attached hydrogen (secondary N) is 1. The van der Waals surface area contributed by atoms with Gasteiger partial charge in [-0.1, -0.05) is 18.2 Å². The number of anilines is 1. The molecule has 0 saturated heterocycles. The highest BCUT2D eigenvalue weighted by atomic mass is 19.1. The Morgan fingerprint density at radius 2 is 2.00 bits per heavy atom. The van der Waals surface area contributed by atoms with Crippen LogP contribution in [-0.4, -0.2) is 36.9 Å². The summed E-state index contributed by atoms with van der Waals surface area (Å²) in [5.41, 5.74) is 1.29. The summed E-state index contributed by atoms with van der Waals surface area (Å²) in [5.74, 6) is 5.04. The number of nitrogens with zero attached hydrogens (tertiary/aromatic N) is 5. The molecule has 0 aliphatic carbocycles. The van der Waals surface area contributed by atoms with Gasteiger partial charge in [0, 0.05) is 17.3 Å². The molecule has 1 aliphatic heterocycles. The number of hydrogen-bond donors (Lipinski definition) is 1. The first-order valence-corrected chi connectivity index (χ1v) is 10.1. The summed E-state index contributed by atoms with van der Waals surface area (Å²) in [6.45, 7) is 3.64. The molecule has 1 aromatic carbocycles. The summed E-state index contributed by atoms with van der Waals surface area (Å²) in [4.78, 5) is 36.9. The predicted octanol–water partition coefficient (Wildman–Crippen LogP) is 2.86. The molecule has 1 N–H and O–H groups in total. The molecule has 33 heavy (non-hydrogen) atoms. The topological polar surface area (TPSA) is 103 Å². The maximum atomic E-state index is 14.3. The van der Waals surface area contributed by atoms with Crippen molar-refractivity contribution in [1.29, 1.82) is 0 Å². The van der Waals surface area contributed by atoms with E-state index in [1.165, 1.54) is 6.07 Å². The van der Waals surface area contributed by atoms with E-state index in [9.17, 15) is 14.0 Å². The van der Waals surface area contributed by atoms with Crippen molar-refractivity contribution in [1.82, 2.24) is 24.7 Å². The van der Waals surface area contributed by atoms with E-state index in [1.54, 1.807) is 49.0 Å². The Kier molecular flexibility index (Phi) is 4.71. The highest BCUT2D eigenvalue weighted by Crippen LogP contribution is 2.39. The number of aromatic nitrogens is 5. The first kappa shape index (κ1) is 20.5. The quantitative estimate of drug-likeness (QED) is 0.388. The first-order valence-electron chi connectivity index (χ1n) is 10.1. The Bertz CT molecular complexity index is 1510. The molecule has 0 saturated carbocycles. The summed E-state index contributed by atoms with van der Waals surface area (Å²) < 4.78 is 15.8. The molecule has 0 fully saturated rings. The lowest BCUT2D eigenvalue weighted by atomic mass is 9.86. The van der Waals surface area contributed by atoms with Crippen LogP contribution in [-0.2, 0) is 21.5 Å². The first-order chi connectivity index (χ1) is 15.9. The van der Waals surface area contributed by atoms with Crippen LogP contribution in [0, 0.1) is 17.7 Å². The number of rotatable bonds is 3. The van der Waals surface area contributed by atoms with Gasteiger partial charge in [0.2, 0.25) is 5.91 Å². The molecule has 0 bridgehead atoms. The van der Waals surface area contributed by atoms with E-state index < -0.39 is 5.41 Å². The van der Waals surface area contributed by atoms with Gasteiger partial charge in [-0.25, -0.2) is 24.0 Å². The minimum Gasteiger partial charge on any atom is -0.310 e. The number of hydrogen-bond acceptors (Lipinski definition) is 6. The number of pyridine rings is 1. The summed E-state index contributed by atoms with van der Waals surface area (Å²) in [6.07, 6.45) is 2.09. The van der Waals surface area contributed by atoms with Crippen molar-refractivity contribution >= 4 is 29.0 Å². The highest BCUT2D eigenvalue weighted by Gasteiger charge is 2.42. The van der Waals surface area contributed by atoms with Crippen LogP contribution < -0.4 is 5.32 Å². The molecule has 1 aliphatic rings. The molecule has 162 valence electrons. The van der Waals surface area contributed by atoms with E-state index in [2.05, 4.69) is 37.2 Å². The lowest BCUT2D eigenvalue weighted by molar-refractivity contribution is -0.119. The van der Waals surface area contributed by atoms with Crippen LogP contribution in [0.25, 0.3) is 22.6 Å². The standard InChI is InChI=1S/C24H17FN6O2/c1-24(2)18-17(10-6-12-32)27-21(28-20(18)29-23(24)33)19-15-8-5-11-26-22(15)31(30-19)13-14-7-3-4-9-16(14)25/h3-5,7-9,11-12H,13H2,1-2H3,(H,27,28,29,33). The van der Waals surface area contributed by atoms with Gasteiger partial charge in [0.25, 0.3) is 0 Å². The van der Waals surface area contributed by atoms with Crippen molar-refractivity contribution in [2.75, 3.05) is 5.32 Å². The third kappa shape index (κ3) is 3.32.